The van der Waals surface area contributed by atoms with Gasteiger partial charge < -0.3 is 13.3 Å². The van der Waals surface area contributed by atoms with E-state index in [1.165, 1.54) is 32.7 Å². The van der Waals surface area contributed by atoms with Crippen LogP contribution < -0.4 is 0 Å². The van der Waals surface area contributed by atoms with Gasteiger partial charge in [-0.1, -0.05) is 97.1 Å². The van der Waals surface area contributed by atoms with E-state index in [4.69, 9.17) is 13.3 Å². The second-order valence-corrected chi connectivity index (χ2v) is 11.2. The largest absolute Gasteiger partial charge is 0.464 e. The zero-order valence-corrected chi connectivity index (χ0v) is 22.9. The van der Waals surface area contributed by atoms with Crippen LogP contribution in [-0.2, 0) is 0 Å². The summed E-state index contributed by atoms with van der Waals surface area (Å²) in [5.74, 6) is 0. The van der Waals surface area contributed by atoms with E-state index in [1.807, 2.05) is 42.7 Å². The molecule has 10 rings (SSSR count). The fourth-order valence-corrected chi connectivity index (χ4v) is 7.22. The first-order valence-electron chi connectivity index (χ1n) is 14.5. The van der Waals surface area contributed by atoms with Crippen molar-refractivity contribution in [1.29, 1.82) is 0 Å². The molecule has 0 aliphatic carbocycles. The Morgan fingerprint density at radius 3 is 1.40 bits per heavy atom. The Morgan fingerprint density at radius 1 is 0.302 bits per heavy atom. The number of furan rings is 3. The third-order valence-electron chi connectivity index (χ3n) is 8.95. The van der Waals surface area contributed by atoms with Crippen molar-refractivity contribution in [2.75, 3.05) is 0 Å². The molecule has 0 bridgehead atoms. The summed E-state index contributed by atoms with van der Waals surface area (Å²) < 4.78 is 18.9. The average Bonchev–Trinajstić information content (AvgIpc) is 3.76. The predicted molar refractivity (Wildman–Crippen MR) is 177 cm³/mol. The first-order chi connectivity index (χ1) is 21.3. The van der Waals surface area contributed by atoms with Crippen molar-refractivity contribution in [3.05, 3.63) is 134 Å². The average molecular weight is 551 g/mol. The molecule has 0 saturated carbocycles. The van der Waals surface area contributed by atoms with Gasteiger partial charge in [0.15, 0.2) is 0 Å². The van der Waals surface area contributed by atoms with Crippen LogP contribution >= 0.6 is 0 Å². The van der Waals surface area contributed by atoms with Crippen molar-refractivity contribution in [1.82, 2.24) is 0 Å². The van der Waals surface area contributed by atoms with Gasteiger partial charge in [0.2, 0.25) is 0 Å². The monoisotopic (exact) mass is 550 g/mol. The lowest BCUT2D eigenvalue weighted by molar-refractivity contribution is 0.616. The van der Waals surface area contributed by atoms with Crippen LogP contribution in [0.5, 0.6) is 0 Å². The minimum Gasteiger partial charge on any atom is -0.464 e. The van der Waals surface area contributed by atoms with E-state index in [0.717, 1.165) is 66.0 Å². The fourth-order valence-electron chi connectivity index (χ4n) is 7.22. The summed E-state index contributed by atoms with van der Waals surface area (Å²) in [6.45, 7) is 0. The molecule has 10 aromatic rings. The second-order valence-electron chi connectivity index (χ2n) is 11.2. The summed E-state index contributed by atoms with van der Waals surface area (Å²) in [6, 6.07) is 44.5. The van der Waals surface area contributed by atoms with Crippen LogP contribution in [0.1, 0.15) is 0 Å². The topological polar surface area (TPSA) is 39.4 Å². The van der Waals surface area contributed by atoms with E-state index >= 15 is 0 Å². The number of benzene rings is 7. The van der Waals surface area contributed by atoms with Crippen LogP contribution in [0.2, 0.25) is 0 Å². The maximum Gasteiger partial charge on any atom is 0.136 e. The molecule has 200 valence electrons. The maximum absolute atomic E-state index is 6.32. The van der Waals surface area contributed by atoms with Gasteiger partial charge in [0, 0.05) is 38.1 Å². The molecule has 3 heterocycles. The second kappa shape index (κ2) is 8.37. The van der Waals surface area contributed by atoms with Crippen molar-refractivity contribution < 1.29 is 13.3 Å². The van der Waals surface area contributed by atoms with E-state index in [9.17, 15) is 0 Å². The number of fused-ring (bicyclic) bond motifs is 10. The van der Waals surface area contributed by atoms with Crippen molar-refractivity contribution in [3.8, 4) is 22.3 Å². The first kappa shape index (κ1) is 22.8. The summed E-state index contributed by atoms with van der Waals surface area (Å²) in [5, 5.41) is 10.2. The molecule has 0 atom stereocenters. The lowest BCUT2D eigenvalue weighted by Gasteiger charge is -2.17. The number of hydrogen-bond donors (Lipinski definition) is 0. The zero-order chi connectivity index (χ0) is 28.1. The quantitative estimate of drug-likeness (QED) is 0.201. The van der Waals surface area contributed by atoms with Gasteiger partial charge in [0.1, 0.15) is 27.9 Å². The molecule has 0 amide bonds. The molecule has 43 heavy (non-hydrogen) atoms. The molecule has 3 nitrogen and oxygen atoms in total. The van der Waals surface area contributed by atoms with Gasteiger partial charge in [-0.25, -0.2) is 0 Å². The van der Waals surface area contributed by atoms with E-state index in [0.29, 0.717) is 0 Å². The molecule has 0 saturated heterocycles. The van der Waals surface area contributed by atoms with Crippen molar-refractivity contribution >= 4 is 76.4 Å². The Hall–Kier alpha value is -5.80. The van der Waals surface area contributed by atoms with Crippen LogP contribution in [0.3, 0.4) is 0 Å². The Labute approximate surface area is 245 Å². The zero-order valence-electron chi connectivity index (χ0n) is 22.9. The number of rotatable bonds is 2. The highest BCUT2D eigenvalue weighted by atomic mass is 16.3. The number of hydrogen-bond acceptors (Lipinski definition) is 3. The molecule has 0 unspecified atom stereocenters. The van der Waals surface area contributed by atoms with Crippen LogP contribution in [0.15, 0.2) is 147 Å². The van der Waals surface area contributed by atoms with Gasteiger partial charge in [0.25, 0.3) is 0 Å². The summed E-state index contributed by atoms with van der Waals surface area (Å²) >= 11 is 0. The van der Waals surface area contributed by atoms with Gasteiger partial charge in [-0.05, 0) is 63.0 Å². The molecule has 0 aliphatic heterocycles. The number of para-hydroxylation sites is 2. The van der Waals surface area contributed by atoms with Gasteiger partial charge in [-0.3, -0.25) is 0 Å². The minimum atomic E-state index is 0.848. The van der Waals surface area contributed by atoms with Crippen molar-refractivity contribution in [2.45, 2.75) is 0 Å². The highest BCUT2D eigenvalue weighted by molar-refractivity contribution is 6.29. The van der Waals surface area contributed by atoms with E-state index in [2.05, 4.69) is 91.0 Å². The third kappa shape index (κ3) is 3.03. The normalized spacial score (nSPS) is 12.2. The van der Waals surface area contributed by atoms with Gasteiger partial charge in [-0.15, -0.1) is 0 Å². The van der Waals surface area contributed by atoms with Gasteiger partial charge in [-0.2, -0.15) is 0 Å². The Balaban J connectivity index is 1.39. The minimum absolute atomic E-state index is 0.848. The SMILES string of the molecule is c1ccc2c(c1)oc1cccc(-c3c4ccccc4c(-c4coc5ccc6oc7ccccc7c6c45)c4ccccc34)c12. The lowest BCUT2D eigenvalue weighted by Crippen LogP contribution is -1.91. The van der Waals surface area contributed by atoms with Gasteiger partial charge >= 0.3 is 0 Å². The predicted octanol–water partition coefficient (Wildman–Crippen LogP) is 11.9. The molecule has 0 spiro atoms. The van der Waals surface area contributed by atoms with E-state index < -0.39 is 0 Å². The molecular formula is C40H22O3. The Morgan fingerprint density at radius 2 is 0.767 bits per heavy atom. The standard InChI is InChI=1S/C40H22O3/c1-3-12-25-23(10-1)36(29-16-9-19-34-38(29)27-14-5-7-17-31(27)42-34)24-11-2-4-13-26(24)37(25)30-22-41-33-20-21-35-39(40(30)33)28-15-6-8-18-32(28)43-35/h1-22H. The van der Waals surface area contributed by atoms with Gasteiger partial charge in [0.05, 0.1) is 6.26 Å². The fraction of sp³-hybridized carbons (Fsp3) is 0. The van der Waals surface area contributed by atoms with Crippen molar-refractivity contribution in [3.63, 3.8) is 0 Å². The van der Waals surface area contributed by atoms with Crippen LogP contribution in [0, 0.1) is 0 Å². The Kier molecular flexibility index (Phi) is 4.45. The van der Waals surface area contributed by atoms with Crippen LogP contribution in [0.25, 0.3) is 98.6 Å². The van der Waals surface area contributed by atoms with Crippen LogP contribution in [-0.4, -0.2) is 0 Å². The van der Waals surface area contributed by atoms with Crippen LogP contribution in [0.4, 0.5) is 0 Å². The molecule has 3 heteroatoms. The molecule has 0 aliphatic rings. The summed E-state index contributed by atoms with van der Waals surface area (Å²) in [6.07, 6.45) is 1.92. The molecule has 0 N–H and O–H groups in total. The summed E-state index contributed by atoms with van der Waals surface area (Å²) in [7, 11) is 0. The molecule has 0 fully saturated rings. The summed E-state index contributed by atoms with van der Waals surface area (Å²) in [4.78, 5) is 0. The van der Waals surface area contributed by atoms with Crippen molar-refractivity contribution in [2.24, 2.45) is 0 Å². The lowest BCUT2D eigenvalue weighted by atomic mass is 9.84. The first-order valence-corrected chi connectivity index (χ1v) is 14.5. The third-order valence-corrected chi connectivity index (χ3v) is 8.95. The van der Waals surface area contributed by atoms with E-state index in [-0.39, 0.29) is 0 Å². The summed E-state index contributed by atoms with van der Waals surface area (Å²) in [5.41, 5.74) is 8.99. The molecule has 0 radical (unpaired) electrons. The highest BCUT2D eigenvalue weighted by Crippen LogP contribution is 2.49. The maximum atomic E-state index is 6.32. The highest BCUT2D eigenvalue weighted by Gasteiger charge is 2.23. The molecule has 3 aromatic heterocycles. The molecular weight excluding hydrogens is 528 g/mol. The molecule has 7 aromatic carbocycles. The smallest absolute Gasteiger partial charge is 0.136 e. The Bertz CT molecular complexity index is 2680. The van der Waals surface area contributed by atoms with E-state index in [1.54, 1.807) is 0 Å².